The number of benzene rings is 3. The summed E-state index contributed by atoms with van der Waals surface area (Å²) in [6.45, 7) is 1.51. The minimum Gasteiger partial charge on any atom is -0.320 e. The summed E-state index contributed by atoms with van der Waals surface area (Å²) in [6.07, 6.45) is 0.786. The zero-order valence-corrected chi connectivity index (χ0v) is 18.0. The first-order chi connectivity index (χ1) is 15.5. The highest BCUT2D eigenvalue weighted by Crippen LogP contribution is 2.25. The lowest BCUT2D eigenvalue weighted by atomic mass is 10.1. The van der Waals surface area contributed by atoms with Gasteiger partial charge >= 0.3 is 12.1 Å². The Labute approximate surface area is 190 Å². The van der Waals surface area contributed by atoms with E-state index in [0.717, 1.165) is 12.0 Å². The summed E-state index contributed by atoms with van der Waals surface area (Å²) in [4.78, 5) is 28.8. The first-order valence-corrected chi connectivity index (χ1v) is 10.6. The average Bonchev–Trinajstić information content (AvgIpc) is 2.75. The number of hydrogen-bond donors (Lipinski definition) is 2. The van der Waals surface area contributed by atoms with Crippen LogP contribution in [0.5, 0.6) is 0 Å². The van der Waals surface area contributed by atoms with Gasteiger partial charge in [0.2, 0.25) is 0 Å². The summed E-state index contributed by atoms with van der Waals surface area (Å²) in [5.41, 5.74) is 2.55. The molecule has 1 heterocycles. The van der Waals surface area contributed by atoms with Crippen molar-refractivity contribution in [2.24, 2.45) is 0 Å². The first kappa shape index (κ1) is 21.6. The van der Waals surface area contributed by atoms with Crippen molar-refractivity contribution in [3.05, 3.63) is 89.2 Å². The van der Waals surface area contributed by atoms with Crippen LogP contribution >= 0.6 is 11.6 Å². The minimum absolute atomic E-state index is 0.152. The number of carbonyl (C=O) groups excluding carboxylic acids is 2. The topological polar surface area (TPSA) is 64.7 Å². The smallest absolute Gasteiger partial charge is 0.320 e. The average molecular weight is 453 g/mol. The van der Waals surface area contributed by atoms with Crippen molar-refractivity contribution >= 4 is 40.7 Å². The molecule has 0 aromatic heterocycles. The van der Waals surface area contributed by atoms with E-state index in [1.165, 1.54) is 12.1 Å². The third kappa shape index (κ3) is 5.36. The molecule has 0 radical (unpaired) electrons. The van der Waals surface area contributed by atoms with Crippen molar-refractivity contribution in [1.82, 2.24) is 4.90 Å². The van der Waals surface area contributed by atoms with Gasteiger partial charge < -0.3 is 15.5 Å². The number of carbonyl (C=O) groups is 2. The van der Waals surface area contributed by atoms with E-state index in [0.29, 0.717) is 41.7 Å². The Morgan fingerprint density at radius 1 is 0.938 bits per heavy atom. The number of halogens is 2. The van der Waals surface area contributed by atoms with Crippen molar-refractivity contribution in [3.63, 3.8) is 0 Å². The SMILES string of the molecule is O=C(Nc1cccc(Cl)c1)Nc1cccc(N2CCCN(Cc3cccc(F)c3)C2=O)c1. The summed E-state index contributed by atoms with van der Waals surface area (Å²) in [7, 11) is 0. The molecule has 3 aromatic carbocycles. The largest absolute Gasteiger partial charge is 0.324 e. The quantitative estimate of drug-likeness (QED) is 0.502. The summed E-state index contributed by atoms with van der Waals surface area (Å²) in [6, 6.07) is 19.7. The summed E-state index contributed by atoms with van der Waals surface area (Å²) >= 11 is 5.95. The van der Waals surface area contributed by atoms with Crippen LogP contribution in [0.25, 0.3) is 0 Å². The monoisotopic (exact) mass is 452 g/mol. The lowest BCUT2D eigenvalue weighted by Crippen LogP contribution is -2.49. The second kappa shape index (κ2) is 9.70. The molecule has 8 heteroatoms. The van der Waals surface area contributed by atoms with Gasteiger partial charge in [0.1, 0.15) is 5.82 Å². The number of anilines is 3. The number of urea groups is 2. The predicted octanol–water partition coefficient (Wildman–Crippen LogP) is 5.96. The minimum atomic E-state index is -0.415. The van der Waals surface area contributed by atoms with Gasteiger partial charge in [-0.3, -0.25) is 4.90 Å². The molecular weight excluding hydrogens is 431 g/mol. The van der Waals surface area contributed by atoms with Gasteiger partial charge in [-0.2, -0.15) is 0 Å². The molecule has 0 spiro atoms. The van der Waals surface area contributed by atoms with Crippen molar-refractivity contribution in [3.8, 4) is 0 Å². The Balaban J connectivity index is 1.43. The van der Waals surface area contributed by atoms with Crippen molar-refractivity contribution < 1.29 is 14.0 Å². The van der Waals surface area contributed by atoms with E-state index in [1.807, 2.05) is 6.07 Å². The fourth-order valence-corrected chi connectivity index (χ4v) is 3.83. The van der Waals surface area contributed by atoms with Crippen LogP contribution in [0.2, 0.25) is 5.02 Å². The zero-order chi connectivity index (χ0) is 22.5. The lowest BCUT2D eigenvalue weighted by Gasteiger charge is -2.36. The van der Waals surface area contributed by atoms with Crippen LogP contribution in [0.15, 0.2) is 72.8 Å². The Bertz CT molecular complexity index is 1140. The van der Waals surface area contributed by atoms with Crippen LogP contribution in [-0.4, -0.2) is 30.1 Å². The lowest BCUT2D eigenvalue weighted by molar-refractivity contribution is 0.192. The van der Waals surface area contributed by atoms with Crippen molar-refractivity contribution in [1.29, 1.82) is 0 Å². The van der Waals surface area contributed by atoms with Crippen molar-refractivity contribution in [2.75, 3.05) is 28.6 Å². The van der Waals surface area contributed by atoms with Gasteiger partial charge in [0.15, 0.2) is 0 Å². The van der Waals surface area contributed by atoms with Crippen LogP contribution < -0.4 is 15.5 Å². The maximum Gasteiger partial charge on any atom is 0.324 e. The predicted molar refractivity (Wildman–Crippen MR) is 125 cm³/mol. The number of nitrogens with zero attached hydrogens (tertiary/aromatic N) is 2. The molecule has 0 atom stereocenters. The zero-order valence-electron chi connectivity index (χ0n) is 17.2. The molecular formula is C24H22ClFN4O2. The van der Waals surface area contributed by atoms with Gasteiger partial charge in [0, 0.05) is 41.7 Å². The van der Waals surface area contributed by atoms with E-state index >= 15 is 0 Å². The molecule has 1 fully saturated rings. The molecule has 1 aliphatic heterocycles. The first-order valence-electron chi connectivity index (χ1n) is 10.2. The summed E-state index contributed by atoms with van der Waals surface area (Å²) in [5.74, 6) is -0.321. The fraction of sp³-hybridized carbons (Fsp3) is 0.167. The van der Waals surface area contributed by atoms with E-state index in [1.54, 1.807) is 64.4 Å². The highest BCUT2D eigenvalue weighted by Gasteiger charge is 2.27. The molecule has 0 bridgehead atoms. The molecule has 6 nitrogen and oxygen atoms in total. The maximum atomic E-state index is 13.5. The van der Waals surface area contributed by atoms with Crippen LogP contribution in [-0.2, 0) is 6.54 Å². The molecule has 1 aliphatic rings. The molecule has 0 saturated carbocycles. The fourth-order valence-electron chi connectivity index (χ4n) is 3.63. The van der Waals surface area contributed by atoms with E-state index in [4.69, 9.17) is 11.6 Å². The van der Waals surface area contributed by atoms with Crippen LogP contribution in [0.1, 0.15) is 12.0 Å². The van der Waals surface area contributed by atoms with Gasteiger partial charge in [-0.15, -0.1) is 0 Å². The Kier molecular flexibility index (Phi) is 6.56. The Hall–Kier alpha value is -3.58. The second-order valence-corrected chi connectivity index (χ2v) is 7.92. The van der Waals surface area contributed by atoms with E-state index in [-0.39, 0.29) is 11.8 Å². The van der Waals surface area contributed by atoms with Gasteiger partial charge in [0.25, 0.3) is 0 Å². The molecule has 0 aliphatic carbocycles. The Morgan fingerprint density at radius 3 is 2.41 bits per heavy atom. The molecule has 164 valence electrons. The van der Waals surface area contributed by atoms with Crippen LogP contribution in [0.3, 0.4) is 0 Å². The molecule has 1 saturated heterocycles. The highest BCUT2D eigenvalue weighted by atomic mass is 35.5. The maximum absolute atomic E-state index is 13.5. The van der Waals surface area contributed by atoms with Crippen LogP contribution in [0, 0.1) is 5.82 Å². The summed E-state index contributed by atoms with van der Waals surface area (Å²) < 4.78 is 13.5. The van der Waals surface area contributed by atoms with E-state index in [2.05, 4.69) is 10.6 Å². The standard InChI is InChI=1S/C24H22ClFN4O2/c25-18-6-2-8-20(14-18)27-23(31)28-21-9-3-10-22(15-21)30-12-4-11-29(24(30)32)16-17-5-1-7-19(26)13-17/h1-3,5-10,13-15H,4,11-12,16H2,(H2,27,28,31). The molecule has 0 unspecified atom stereocenters. The highest BCUT2D eigenvalue weighted by molar-refractivity contribution is 6.30. The normalized spacial score (nSPS) is 13.8. The molecule has 2 N–H and O–H groups in total. The van der Waals surface area contributed by atoms with Gasteiger partial charge in [-0.25, -0.2) is 14.0 Å². The van der Waals surface area contributed by atoms with Gasteiger partial charge in [0.05, 0.1) is 0 Å². The van der Waals surface area contributed by atoms with E-state index in [9.17, 15) is 14.0 Å². The molecule has 4 amide bonds. The molecule has 4 rings (SSSR count). The number of rotatable bonds is 5. The number of hydrogen-bond acceptors (Lipinski definition) is 2. The van der Waals surface area contributed by atoms with Crippen LogP contribution in [0.4, 0.5) is 31.0 Å². The van der Waals surface area contributed by atoms with Gasteiger partial charge in [-0.1, -0.05) is 35.9 Å². The third-order valence-electron chi connectivity index (χ3n) is 5.07. The van der Waals surface area contributed by atoms with E-state index < -0.39 is 6.03 Å². The molecule has 32 heavy (non-hydrogen) atoms. The third-order valence-corrected chi connectivity index (χ3v) is 5.31. The summed E-state index contributed by atoms with van der Waals surface area (Å²) in [5, 5.41) is 6.02. The van der Waals surface area contributed by atoms with Crippen molar-refractivity contribution in [2.45, 2.75) is 13.0 Å². The molecule has 3 aromatic rings. The number of nitrogens with one attached hydrogen (secondary N) is 2. The Morgan fingerprint density at radius 2 is 1.66 bits per heavy atom. The second-order valence-electron chi connectivity index (χ2n) is 7.48. The van der Waals surface area contributed by atoms with Gasteiger partial charge in [-0.05, 0) is 60.5 Å². The number of amides is 4.